The first-order chi connectivity index (χ1) is 20.0. The van der Waals surface area contributed by atoms with Crippen LogP contribution in [0, 0.1) is 0 Å². The van der Waals surface area contributed by atoms with Gasteiger partial charge in [-0.3, -0.25) is 0 Å². The van der Waals surface area contributed by atoms with Crippen LogP contribution in [-0.2, 0) is 4.74 Å². The number of carbonyl (C=O) groups excluding carboxylic acids is 2. The van der Waals surface area contributed by atoms with E-state index in [0.29, 0.717) is 55.9 Å². The highest BCUT2D eigenvalue weighted by Gasteiger charge is 2.21. The van der Waals surface area contributed by atoms with Gasteiger partial charge in [-0.1, -0.05) is 72.8 Å². The average Bonchev–Trinajstić information content (AvgIpc) is 2.99. The number of para-hydroxylation sites is 4. The van der Waals surface area contributed by atoms with Crippen LogP contribution >= 0.6 is 0 Å². The fourth-order valence-corrected chi connectivity index (χ4v) is 4.65. The number of hydrogen-bond donors (Lipinski definition) is 2. The van der Waals surface area contributed by atoms with Gasteiger partial charge in [0.1, 0.15) is 23.0 Å². The first-order valence-corrected chi connectivity index (χ1v) is 12.8. The third-order valence-corrected chi connectivity index (χ3v) is 6.67. The molecule has 0 aromatic heterocycles. The normalized spacial score (nSPS) is 10.8. The summed E-state index contributed by atoms with van der Waals surface area (Å²) in [5.74, 6) is 0.468. The first-order valence-electron chi connectivity index (χ1n) is 12.8. The number of hydrogen-bond acceptors (Lipinski definition) is 7. The summed E-state index contributed by atoms with van der Waals surface area (Å²) < 4.78 is 17.5. The lowest BCUT2D eigenvalue weighted by atomic mass is 10.0. The molecule has 0 radical (unpaired) electrons. The van der Waals surface area contributed by atoms with Gasteiger partial charge < -0.3 is 25.7 Å². The Balaban J connectivity index is 1.30. The molecule has 0 fully saturated rings. The Morgan fingerprint density at radius 3 is 1.20 bits per heavy atom. The van der Waals surface area contributed by atoms with Crippen molar-refractivity contribution in [3.8, 4) is 23.0 Å². The minimum absolute atomic E-state index is 0.228. The van der Waals surface area contributed by atoms with Gasteiger partial charge in [0.05, 0.1) is 22.5 Å². The summed E-state index contributed by atoms with van der Waals surface area (Å²) in [6.45, 7) is 0. The summed E-state index contributed by atoms with van der Waals surface area (Å²) in [5.41, 5.74) is 13.5. The Morgan fingerprint density at radius 1 is 0.415 bits per heavy atom. The van der Waals surface area contributed by atoms with Crippen molar-refractivity contribution in [2.45, 2.75) is 0 Å². The molecule has 0 saturated heterocycles. The molecule has 41 heavy (non-hydrogen) atoms. The number of esters is 2. The summed E-state index contributed by atoms with van der Waals surface area (Å²) in [6, 6.07) is 35.2. The highest BCUT2D eigenvalue weighted by molar-refractivity contribution is 6.14. The fraction of sp³-hybridized carbons (Fsp3) is 0. The number of nitrogens with two attached hydrogens (primary N) is 2. The molecule has 0 aliphatic carbocycles. The van der Waals surface area contributed by atoms with Crippen LogP contribution in [0.2, 0.25) is 0 Å². The largest absolute Gasteiger partial charge is 0.455 e. The third-order valence-electron chi connectivity index (χ3n) is 6.67. The van der Waals surface area contributed by atoms with Crippen molar-refractivity contribution in [2.75, 3.05) is 11.5 Å². The van der Waals surface area contributed by atoms with E-state index < -0.39 is 11.9 Å². The van der Waals surface area contributed by atoms with Gasteiger partial charge in [-0.05, 0) is 59.3 Å². The topological polar surface area (TPSA) is 114 Å². The maximum Gasteiger partial charge on any atom is 0.346 e. The lowest BCUT2D eigenvalue weighted by Gasteiger charge is -2.14. The van der Waals surface area contributed by atoms with Gasteiger partial charge in [-0.15, -0.1) is 0 Å². The van der Waals surface area contributed by atoms with Crippen LogP contribution in [0.4, 0.5) is 11.4 Å². The molecule has 6 aromatic carbocycles. The minimum Gasteiger partial charge on any atom is -0.455 e. The van der Waals surface area contributed by atoms with Crippen LogP contribution < -0.4 is 20.9 Å². The second-order valence-corrected chi connectivity index (χ2v) is 9.27. The van der Waals surface area contributed by atoms with Crippen LogP contribution in [-0.4, -0.2) is 11.9 Å². The van der Waals surface area contributed by atoms with Crippen LogP contribution in [0.1, 0.15) is 20.7 Å². The van der Waals surface area contributed by atoms with Crippen LogP contribution in [0.25, 0.3) is 21.5 Å². The maximum absolute atomic E-state index is 13.3. The van der Waals surface area contributed by atoms with Gasteiger partial charge in [-0.2, -0.15) is 0 Å². The molecule has 0 spiro atoms. The molecule has 0 amide bonds. The Morgan fingerprint density at radius 2 is 0.780 bits per heavy atom. The Hall–Kier alpha value is -5.82. The van der Waals surface area contributed by atoms with Gasteiger partial charge >= 0.3 is 11.9 Å². The number of carbonyl (C=O) groups is 2. The van der Waals surface area contributed by atoms with E-state index in [1.807, 2.05) is 48.5 Å². The second-order valence-electron chi connectivity index (χ2n) is 9.27. The van der Waals surface area contributed by atoms with Crippen LogP contribution in [0.15, 0.2) is 121 Å². The lowest BCUT2D eigenvalue weighted by molar-refractivity contribution is 0.0400. The number of anilines is 2. The molecule has 0 heterocycles. The molecule has 4 N–H and O–H groups in total. The molecule has 0 saturated carbocycles. The van der Waals surface area contributed by atoms with Crippen molar-refractivity contribution < 1.29 is 23.8 Å². The molecule has 6 rings (SSSR count). The molecule has 7 heteroatoms. The Labute approximate surface area is 235 Å². The lowest BCUT2D eigenvalue weighted by Crippen LogP contribution is -2.14. The van der Waals surface area contributed by atoms with Gasteiger partial charge in [0.2, 0.25) is 0 Å². The molecule has 0 aliphatic heterocycles. The molecule has 200 valence electrons. The van der Waals surface area contributed by atoms with E-state index in [1.54, 1.807) is 72.8 Å². The van der Waals surface area contributed by atoms with E-state index in [0.717, 1.165) is 0 Å². The predicted molar refractivity (Wildman–Crippen MR) is 159 cm³/mol. The Kier molecular flexibility index (Phi) is 6.67. The molecule has 0 aliphatic rings. The van der Waals surface area contributed by atoms with Gasteiger partial charge in [0, 0.05) is 10.8 Å². The summed E-state index contributed by atoms with van der Waals surface area (Å²) in [7, 11) is 0. The van der Waals surface area contributed by atoms with Gasteiger partial charge in [0.25, 0.3) is 0 Å². The van der Waals surface area contributed by atoms with Crippen molar-refractivity contribution in [3.05, 3.63) is 132 Å². The van der Waals surface area contributed by atoms with E-state index >= 15 is 0 Å². The van der Waals surface area contributed by atoms with Gasteiger partial charge in [-0.25, -0.2) is 9.59 Å². The zero-order valence-electron chi connectivity index (χ0n) is 21.7. The summed E-state index contributed by atoms with van der Waals surface area (Å²) >= 11 is 0. The van der Waals surface area contributed by atoms with Crippen molar-refractivity contribution >= 4 is 44.9 Å². The molecule has 6 aromatic rings. The molecule has 0 unspecified atom stereocenters. The third kappa shape index (κ3) is 4.99. The molecule has 0 atom stereocenters. The molecule has 7 nitrogen and oxygen atoms in total. The minimum atomic E-state index is -0.779. The van der Waals surface area contributed by atoms with Crippen LogP contribution in [0.3, 0.4) is 0 Å². The number of ether oxygens (including phenoxy) is 3. The molecule has 0 bridgehead atoms. The van der Waals surface area contributed by atoms with Crippen molar-refractivity contribution in [1.29, 1.82) is 0 Å². The van der Waals surface area contributed by atoms with E-state index in [4.69, 9.17) is 25.7 Å². The van der Waals surface area contributed by atoms with Crippen molar-refractivity contribution in [1.82, 2.24) is 0 Å². The second kappa shape index (κ2) is 10.7. The van der Waals surface area contributed by atoms with Gasteiger partial charge in [0.15, 0.2) is 0 Å². The SMILES string of the molecule is Nc1ccccc1Oc1ccc(C(=O)OC(=O)c2ccc(Oc3ccccc3N)c3ccccc23)c2ccccc12. The average molecular weight is 541 g/mol. The maximum atomic E-state index is 13.3. The first kappa shape index (κ1) is 25.5. The van der Waals surface area contributed by atoms with Crippen LogP contribution in [0.5, 0.6) is 23.0 Å². The number of fused-ring (bicyclic) bond motifs is 2. The Bertz CT molecular complexity index is 1810. The van der Waals surface area contributed by atoms with Crippen molar-refractivity contribution in [2.24, 2.45) is 0 Å². The number of rotatable bonds is 6. The fourth-order valence-electron chi connectivity index (χ4n) is 4.65. The molecular weight excluding hydrogens is 516 g/mol. The summed E-state index contributed by atoms with van der Waals surface area (Å²) in [6.07, 6.45) is 0. The molecular formula is C34H24N2O5. The number of benzene rings is 6. The smallest absolute Gasteiger partial charge is 0.346 e. The van der Waals surface area contributed by atoms with E-state index in [9.17, 15) is 9.59 Å². The zero-order chi connectivity index (χ0) is 28.3. The van der Waals surface area contributed by atoms with E-state index in [1.165, 1.54) is 0 Å². The van der Waals surface area contributed by atoms with E-state index in [2.05, 4.69) is 0 Å². The highest BCUT2D eigenvalue weighted by Crippen LogP contribution is 2.36. The predicted octanol–water partition coefficient (Wildman–Crippen LogP) is 7.74. The van der Waals surface area contributed by atoms with Crippen molar-refractivity contribution in [3.63, 3.8) is 0 Å². The standard InChI is InChI=1S/C34H24N2O5/c35-27-13-5-7-15-31(27)39-29-19-17-25(21-9-1-3-11-23(21)29)33(37)41-34(38)26-18-20-30(24-12-4-2-10-22(24)26)40-32-16-8-6-14-28(32)36/h1-20H,35-36H2. The summed E-state index contributed by atoms with van der Waals surface area (Å²) in [5, 5.41) is 2.49. The summed E-state index contributed by atoms with van der Waals surface area (Å²) in [4.78, 5) is 26.6. The zero-order valence-corrected chi connectivity index (χ0v) is 21.7. The number of nitrogen functional groups attached to an aromatic ring is 2. The quantitative estimate of drug-likeness (QED) is 0.126. The van der Waals surface area contributed by atoms with E-state index in [-0.39, 0.29) is 11.1 Å². The highest BCUT2D eigenvalue weighted by atomic mass is 16.6. The monoisotopic (exact) mass is 540 g/mol.